The summed E-state index contributed by atoms with van der Waals surface area (Å²) in [6, 6.07) is 31.7. The van der Waals surface area contributed by atoms with Gasteiger partial charge in [-0.2, -0.15) is 0 Å². The first-order chi connectivity index (χ1) is 15.3. The highest BCUT2D eigenvalue weighted by Crippen LogP contribution is 2.41. The molecule has 0 amide bonds. The molecule has 4 aromatic rings. The summed E-state index contributed by atoms with van der Waals surface area (Å²) in [6.07, 6.45) is 6.83. The molecule has 0 saturated heterocycles. The third-order valence-electron chi connectivity index (χ3n) is 6.32. The molecule has 1 saturated carbocycles. The monoisotopic (exact) mass is 405 g/mol. The van der Waals surface area contributed by atoms with Crippen LogP contribution >= 0.6 is 0 Å². The van der Waals surface area contributed by atoms with Crippen molar-refractivity contribution < 1.29 is 4.79 Å². The third-order valence-corrected chi connectivity index (χ3v) is 6.32. The molecule has 0 N–H and O–H groups in total. The van der Waals surface area contributed by atoms with Crippen LogP contribution in [0.5, 0.6) is 0 Å². The summed E-state index contributed by atoms with van der Waals surface area (Å²) in [5, 5.41) is 0. The molecule has 1 aliphatic rings. The lowest BCUT2D eigenvalue weighted by molar-refractivity contribution is -0.123. The lowest BCUT2D eigenvalue weighted by Gasteiger charge is -2.25. The molecular formula is C29H27NO. The van der Waals surface area contributed by atoms with Gasteiger partial charge in [0.1, 0.15) is 0 Å². The average Bonchev–Trinajstić information content (AvgIpc) is 3.20. The topological polar surface area (TPSA) is 22.0 Å². The molecular weight excluding hydrogens is 378 g/mol. The van der Waals surface area contributed by atoms with Crippen LogP contribution in [0.25, 0.3) is 22.4 Å². The van der Waals surface area contributed by atoms with E-state index in [9.17, 15) is 4.79 Å². The van der Waals surface area contributed by atoms with Gasteiger partial charge < -0.3 is 4.57 Å². The minimum Gasteiger partial charge on any atom is -0.336 e. The second-order valence-electron chi connectivity index (χ2n) is 8.41. The van der Waals surface area contributed by atoms with Crippen LogP contribution in [0, 0.1) is 0 Å². The van der Waals surface area contributed by atoms with Crippen molar-refractivity contribution >= 4 is 5.78 Å². The lowest BCUT2D eigenvalue weighted by atomic mass is 9.92. The van der Waals surface area contributed by atoms with Crippen molar-refractivity contribution in [1.29, 1.82) is 0 Å². The van der Waals surface area contributed by atoms with Crippen LogP contribution in [0.4, 0.5) is 0 Å². The maximum Gasteiger partial charge on any atom is 0.155 e. The molecule has 5 rings (SSSR count). The SMILES string of the molecule is O=C1CCCCC1n1cc(Cc2ccccc2)c(-c2ccccc2)c1-c1ccccc1. The van der Waals surface area contributed by atoms with Crippen LogP contribution in [-0.4, -0.2) is 10.4 Å². The van der Waals surface area contributed by atoms with Gasteiger partial charge in [0.2, 0.25) is 0 Å². The molecule has 0 spiro atoms. The first-order valence-electron chi connectivity index (χ1n) is 11.2. The molecule has 1 heterocycles. The van der Waals surface area contributed by atoms with Crippen LogP contribution < -0.4 is 0 Å². The van der Waals surface area contributed by atoms with E-state index in [4.69, 9.17) is 0 Å². The van der Waals surface area contributed by atoms with Crippen molar-refractivity contribution in [3.8, 4) is 22.4 Å². The fourth-order valence-corrected chi connectivity index (χ4v) is 4.85. The Morgan fingerprint density at radius 3 is 2.00 bits per heavy atom. The highest BCUT2D eigenvalue weighted by atomic mass is 16.1. The van der Waals surface area contributed by atoms with Gasteiger partial charge in [-0.05, 0) is 41.5 Å². The second kappa shape index (κ2) is 8.77. The Hall–Kier alpha value is -3.39. The predicted octanol–water partition coefficient (Wildman–Crippen LogP) is 7.10. The largest absolute Gasteiger partial charge is 0.336 e. The number of carbonyl (C=O) groups excluding carboxylic acids is 1. The molecule has 31 heavy (non-hydrogen) atoms. The van der Waals surface area contributed by atoms with E-state index in [0.29, 0.717) is 12.2 Å². The number of nitrogens with zero attached hydrogens (tertiary/aromatic N) is 1. The second-order valence-corrected chi connectivity index (χ2v) is 8.41. The molecule has 0 radical (unpaired) electrons. The van der Waals surface area contributed by atoms with Gasteiger partial charge >= 0.3 is 0 Å². The molecule has 1 aromatic heterocycles. The van der Waals surface area contributed by atoms with E-state index in [1.807, 2.05) is 0 Å². The van der Waals surface area contributed by atoms with E-state index in [2.05, 4.69) is 102 Å². The van der Waals surface area contributed by atoms with E-state index in [0.717, 1.165) is 31.4 Å². The third kappa shape index (κ3) is 3.98. The minimum atomic E-state index is -0.0732. The zero-order valence-electron chi connectivity index (χ0n) is 17.7. The minimum absolute atomic E-state index is 0.0732. The van der Waals surface area contributed by atoms with Crippen LogP contribution in [0.3, 0.4) is 0 Å². The standard InChI is InChI=1S/C29H27NO/c31-27-19-11-10-18-26(27)30-21-25(20-22-12-4-1-5-13-22)28(23-14-6-2-7-15-23)29(30)24-16-8-3-9-17-24/h1-9,12-17,21,26H,10-11,18-20H2. The zero-order valence-corrected chi connectivity index (χ0v) is 17.7. The number of rotatable bonds is 5. The summed E-state index contributed by atoms with van der Waals surface area (Å²) >= 11 is 0. The van der Waals surface area contributed by atoms with Gasteiger partial charge in [-0.3, -0.25) is 4.79 Å². The molecule has 2 heteroatoms. The molecule has 0 aliphatic heterocycles. The van der Waals surface area contributed by atoms with Crippen LogP contribution in [-0.2, 0) is 11.2 Å². The summed E-state index contributed by atoms with van der Waals surface area (Å²) in [6.45, 7) is 0. The Labute approximate surface area is 184 Å². The average molecular weight is 406 g/mol. The maximum atomic E-state index is 13.0. The van der Waals surface area contributed by atoms with E-state index in [-0.39, 0.29) is 6.04 Å². The number of Topliss-reactive ketones (excluding diaryl/α,β-unsaturated/α-hetero) is 1. The first-order valence-corrected chi connectivity index (χ1v) is 11.2. The molecule has 2 nitrogen and oxygen atoms in total. The highest BCUT2D eigenvalue weighted by molar-refractivity contribution is 5.89. The van der Waals surface area contributed by atoms with Gasteiger partial charge in [-0.1, -0.05) is 97.4 Å². The van der Waals surface area contributed by atoms with Crippen LogP contribution in [0.15, 0.2) is 97.2 Å². The molecule has 1 fully saturated rings. The van der Waals surface area contributed by atoms with Crippen molar-refractivity contribution in [2.75, 3.05) is 0 Å². The summed E-state index contributed by atoms with van der Waals surface area (Å²) in [5.41, 5.74) is 7.33. The van der Waals surface area contributed by atoms with Crippen molar-refractivity contribution in [1.82, 2.24) is 4.57 Å². The van der Waals surface area contributed by atoms with Gasteiger partial charge in [0.15, 0.2) is 5.78 Å². The first kappa shape index (κ1) is 19.6. The van der Waals surface area contributed by atoms with Crippen molar-refractivity contribution in [2.45, 2.75) is 38.1 Å². The predicted molar refractivity (Wildman–Crippen MR) is 127 cm³/mol. The molecule has 1 atom stereocenters. The summed E-state index contributed by atoms with van der Waals surface area (Å²) in [4.78, 5) is 13.0. The lowest BCUT2D eigenvalue weighted by Crippen LogP contribution is -2.23. The van der Waals surface area contributed by atoms with Gasteiger partial charge in [0.25, 0.3) is 0 Å². The summed E-state index contributed by atoms with van der Waals surface area (Å²) < 4.78 is 2.29. The van der Waals surface area contributed by atoms with E-state index in [1.54, 1.807) is 0 Å². The number of carbonyl (C=O) groups is 1. The molecule has 154 valence electrons. The highest BCUT2D eigenvalue weighted by Gasteiger charge is 2.29. The number of hydrogen-bond acceptors (Lipinski definition) is 1. The number of hydrogen-bond donors (Lipinski definition) is 0. The van der Waals surface area contributed by atoms with Crippen LogP contribution in [0.2, 0.25) is 0 Å². The van der Waals surface area contributed by atoms with Crippen LogP contribution in [0.1, 0.15) is 42.9 Å². The van der Waals surface area contributed by atoms with Gasteiger partial charge in [-0.25, -0.2) is 0 Å². The quantitative estimate of drug-likeness (QED) is 0.347. The molecule has 1 aliphatic carbocycles. The Balaban J connectivity index is 1.75. The zero-order chi connectivity index (χ0) is 21.0. The number of ketones is 1. The fraction of sp³-hybridized carbons (Fsp3) is 0.207. The van der Waals surface area contributed by atoms with E-state index < -0.39 is 0 Å². The maximum absolute atomic E-state index is 13.0. The van der Waals surface area contributed by atoms with Gasteiger partial charge in [0.05, 0.1) is 11.7 Å². The Bertz CT molecular complexity index is 1160. The smallest absolute Gasteiger partial charge is 0.155 e. The molecule has 1 unspecified atom stereocenters. The Morgan fingerprint density at radius 1 is 0.742 bits per heavy atom. The van der Waals surface area contributed by atoms with E-state index >= 15 is 0 Å². The fourth-order valence-electron chi connectivity index (χ4n) is 4.85. The van der Waals surface area contributed by atoms with Crippen molar-refractivity contribution in [3.63, 3.8) is 0 Å². The van der Waals surface area contributed by atoms with Crippen molar-refractivity contribution in [3.05, 3.63) is 108 Å². The summed E-state index contributed by atoms with van der Waals surface area (Å²) in [5.74, 6) is 0.365. The van der Waals surface area contributed by atoms with Gasteiger partial charge in [0, 0.05) is 18.2 Å². The summed E-state index contributed by atoms with van der Waals surface area (Å²) in [7, 11) is 0. The number of aromatic nitrogens is 1. The Kier molecular flexibility index (Phi) is 5.54. The Morgan fingerprint density at radius 2 is 1.35 bits per heavy atom. The molecule has 3 aromatic carbocycles. The molecule has 0 bridgehead atoms. The van der Waals surface area contributed by atoms with E-state index in [1.165, 1.54) is 27.8 Å². The normalized spacial score (nSPS) is 16.4. The van der Waals surface area contributed by atoms with Gasteiger partial charge in [-0.15, -0.1) is 0 Å². The number of benzene rings is 3. The van der Waals surface area contributed by atoms with Crippen molar-refractivity contribution in [2.24, 2.45) is 0 Å².